The zero-order valence-electron chi connectivity index (χ0n) is 11.8. The van der Waals surface area contributed by atoms with E-state index in [0.717, 1.165) is 11.4 Å². The Labute approximate surface area is 123 Å². The van der Waals surface area contributed by atoms with Crippen LogP contribution in [-0.4, -0.2) is 19.6 Å². The normalized spacial score (nSPS) is 9.95. The van der Waals surface area contributed by atoms with Gasteiger partial charge in [0.05, 0.1) is 20.1 Å². The van der Waals surface area contributed by atoms with Crippen LogP contribution in [0, 0.1) is 0 Å². The molecule has 0 aliphatic heterocycles. The van der Waals surface area contributed by atoms with E-state index in [-0.39, 0.29) is 12.3 Å². The molecule has 3 N–H and O–H groups in total. The van der Waals surface area contributed by atoms with E-state index in [2.05, 4.69) is 5.32 Å². The van der Waals surface area contributed by atoms with Gasteiger partial charge < -0.3 is 20.5 Å². The van der Waals surface area contributed by atoms with Crippen molar-refractivity contribution in [2.24, 2.45) is 0 Å². The quantitative estimate of drug-likeness (QED) is 0.801. The number of amides is 1. The monoisotopic (exact) mass is 286 g/mol. The fourth-order valence-corrected chi connectivity index (χ4v) is 1.72. The Balaban J connectivity index is 1.75. The SMILES string of the molecule is COc1ccc(NC(=O)CCOc2ccc(N)cc2)cc1. The van der Waals surface area contributed by atoms with Crippen LogP contribution in [0.4, 0.5) is 11.4 Å². The first-order valence-corrected chi connectivity index (χ1v) is 6.59. The van der Waals surface area contributed by atoms with Gasteiger partial charge in [0, 0.05) is 11.4 Å². The van der Waals surface area contributed by atoms with Gasteiger partial charge in [-0.2, -0.15) is 0 Å². The summed E-state index contributed by atoms with van der Waals surface area (Å²) in [5, 5.41) is 2.79. The summed E-state index contributed by atoms with van der Waals surface area (Å²) in [5.41, 5.74) is 6.99. The molecule has 5 heteroatoms. The molecule has 0 heterocycles. The highest BCUT2D eigenvalue weighted by Crippen LogP contribution is 2.16. The lowest BCUT2D eigenvalue weighted by atomic mass is 10.3. The van der Waals surface area contributed by atoms with Gasteiger partial charge in [0.15, 0.2) is 0 Å². The van der Waals surface area contributed by atoms with Crippen molar-refractivity contribution in [1.29, 1.82) is 0 Å². The molecule has 0 aliphatic carbocycles. The van der Waals surface area contributed by atoms with Gasteiger partial charge in [-0.3, -0.25) is 4.79 Å². The molecule has 2 rings (SSSR count). The molecule has 0 saturated heterocycles. The van der Waals surface area contributed by atoms with Crippen LogP contribution in [0.3, 0.4) is 0 Å². The predicted molar refractivity (Wildman–Crippen MR) is 82.6 cm³/mol. The highest BCUT2D eigenvalue weighted by molar-refractivity contribution is 5.90. The number of benzene rings is 2. The summed E-state index contributed by atoms with van der Waals surface area (Å²) in [6.45, 7) is 0.311. The van der Waals surface area contributed by atoms with E-state index in [1.807, 2.05) is 0 Å². The van der Waals surface area contributed by atoms with Gasteiger partial charge >= 0.3 is 0 Å². The zero-order chi connectivity index (χ0) is 15.1. The first-order chi connectivity index (χ1) is 10.2. The minimum atomic E-state index is -0.101. The zero-order valence-corrected chi connectivity index (χ0v) is 11.8. The van der Waals surface area contributed by atoms with Crippen molar-refractivity contribution in [3.8, 4) is 11.5 Å². The van der Waals surface area contributed by atoms with Gasteiger partial charge in [0.25, 0.3) is 0 Å². The van der Waals surface area contributed by atoms with E-state index in [0.29, 0.717) is 18.0 Å². The van der Waals surface area contributed by atoms with Gasteiger partial charge in [0.2, 0.25) is 5.91 Å². The Morgan fingerprint density at radius 3 is 2.29 bits per heavy atom. The van der Waals surface area contributed by atoms with E-state index >= 15 is 0 Å². The molecule has 0 aliphatic rings. The van der Waals surface area contributed by atoms with E-state index in [9.17, 15) is 4.79 Å². The standard InChI is InChI=1S/C16H18N2O3/c1-20-14-8-4-13(5-9-14)18-16(19)10-11-21-15-6-2-12(17)3-7-15/h2-9H,10-11,17H2,1H3,(H,18,19). The van der Waals surface area contributed by atoms with Crippen molar-refractivity contribution < 1.29 is 14.3 Å². The molecule has 2 aromatic rings. The molecule has 0 aromatic heterocycles. The maximum Gasteiger partial charge on any atom is 0.227 e. The minimum absolute atomic E-state index is 0.101. The molecule has 21 heavy (non-hydrogen) atoms. The molecule has 1 amide bonds. The summed E-state index contributed by atoms with van der Waals surface area (Å²) in [6.07, 6.45) is 0.274. The van der Waals surface area contributed by atoms with Crippen LogP contribution in [0.1, 0.15) is 6.42 Å². The first-order valence-electron chi connectivity index (χ1n) is 6.59. The second-order valence-electron chi connectivity index (χ2n) is 4.44. The highest BCUT2D eigenvalue weighted by atomic mass is 16.5. The molecule has 110 valence electrons. The number of methoxy groups -OCH3 is 1. The van der Waals surface area contributed by atoms with Gasteiger partial charge in [-0.15, -0.1) is 0 Å². The Kier molecular flexibility index (Phi) is 5.04. The average Bonchev–Trinajstić information content (AvgIpc) is 2.50. The Morgan fingerprint density at radius 2 is 1.67 bits per heavy atom. The van der Waals surface area contributed by atoms with Crippen LogP contribution in [0.25, 0.3) is 0 Å². The number of nitrogen functional groups attached to an aromatic ring is 1. The lowest BCUT2D eigenvalue weighted by Gasteiger charge is -2.08. The molecule has 0 atom stereocenters. The predicted octanol–water partition coefficient (Wildman–Crippen LogP) is 2.69. The fourth-order valence-electron chi connectivity index (χ4n) is 1.72. The molecule has 0 bridgehead atoms. The molecule has 2 aromatic carbocycles. The number of hydrogen-bond donors (Lipinski definition) is 2. The summed E-state index contributed by atoms with van der Waals surface area (Å²) in [5.74, 6) is 1.34. The molecular weight excluding hydrogens is 268 g/mol. The Bertz CT molecular complexity index is 579. The number of rotatable bonds is 6. The third kappa shape index (κ3) is 4.72. The van der Waals surface area contributed by atoms with Crippen LogP contribution in [0.5, 0.6) is 11.5 Å². The maximum atomic E-state index is 11.8. The van der Waals surface area contributed by atoms with Gasteiger partial charge in [-0.05, 0) is 48.5 Å². The molecule has 0 spiro atoms. The average molecular weight is 286 g/mol. The maximum absolute atomic E-state index is 11.8. The highest BCUT2D eigenvalue weighted by Gasteiger charge is 2.03. The second-order valence-corrected chi connectivity index (χ2v) is 4.44. The van der Waals surface area contributed by atoms with E-state index in [1.165, 1.54) is 0 Å². The van der Waals surface area contributed by atoms with Gasteiger partial charge in [-0.1, -0.05) is 0 Å². The van der Waals surface area contributed by atoms with Crippen molar-refractivity contribution in [1.82, 2.24) is 0 Å². The van der Waals surface area contributed by atoms with Crippen LogP contribution >= 0.6 is 0 Å². The second kappa shape index (κ2) is 7.19. The van der Waals surface area contributed by atoms with E-state index in [1.54, 1.807) is 55.6 Å². The topological polar surface area (TPSA) is 73.6 Å². The van der Waals surface area contributed by atoms with Crippen LogP contribution in [0.15, 0.2) is 48.5 Å². The number of carbonyl (C=O) groups excluding carboxylic acids is 1. The minimum Gasteiger partial charge on any atom is -0.497 e. The summed E-state index contributed by atoms with van der Waals surface area (Å²) >= 11 is 0. The lowest BCUT2D eigenvalue weighted by Crippen LogP contribution is -2.15. The number of carbonyl (C=O) groups is 1. The number of hydrogen-bond acceptors (Lipinski definition) is 4. The number of nitrogens with two attached hydrogens (primary N) is 1. The van der Waals surface area contributed by atoms with Gasteiger partial charge in [0.1, 0.15) is 11.5 Å². The van der Waals surface area contributed by atoms with Crippen molar-refractivity contribution in [2.45, 2.75) is 6.42 Å². The number of nitrogens with one attached hydrogen (secondary N) is 1. The summed E-state index contributed by atoms with van der Waals surface area (Å²) in [4.78, 5) is 11.8. The summed E-state index contributed by atoms with van der Waals surface area (Å²) < 4.78 is 10.5. The lowest BCUT2D eigenvalue weighted by molar-refractivity contribution is -0.116. The molecule has 0 radical (unpaired) electrons. The summed E-state index contributed by atoms with van der Waals surface area (Å²) in [6, 6.07) is 14.2. The molecule has 0 fully saturated rings. The number of ether oxygens (including phenoxy) is 2. The van der Waals surface area contributed by atoms with Crippen LogP contribution < -0.4 is 20.5 Å². The van der Waals surface area contributed by atoms with Crippen molar-refractivity contribution in [3.63, 3.8) is 0 Å². The van der Waals surface area contributed by atoms with Crippen molar-refractivity contribution >= 4 is 17.3 Å². The third-order valence-corrected chi connectivity index (χ3v) is 2.85. The first kappa shape index (κ1) is 14.7. The molecule has 5 nitrogen and oxygen atoms in total. The van der Waals surface area contributed by atoms with E-state index in [4.69, 9.17) is 15.2 Å². The largest absolute Gasteiger partial charge is 0.497 e. The van der Waals surface area contributed by atoms with Crippen molar-refractivity contribution in [3.05, 3.63) is 48.5 Å². The Hall–Kier alpha value is -2.69. The fraction of sp³-hybridized carbons (Fsp3) is 0.188. The van der Waals surface area contributed by atoms with E-state index < -0.39 is 0 Å². The third-order valence-electron chi connectivity index (χ3n) is 2.85. The summed E-state index contributed by atoms with van der Waals surface area (Å²) in [7, 11) is 1.60. The smallest absolute Gasteiger partial charge is 0.227 e. The Morgan fingerprint density at radius 1 is 1.05 bits per heavy atom. The molecule has 0 unspecified atom stereocenters. The molecular formula is C16H18N2O3. The van der Waals surface area contributed by atoms with Crippen LogP contribution in [-0.2, 0) is 4.79 Å². The number of anilines is 2. The molecule has 0 saturated carbocycles. The van der Waals surface area contributed by atoms with Gasteiger partial charge in [-0.25, -0.2) is 0 Å². The van der Waals surface area contributed by atoms with Crippen molar-refractivity contribution in [2.75, 3.05) is 24.8 Å². The van der Waals surface area contributed by atoms with Crippen LogP contribution in [0.2, 0.25) is 0 Å².